The number of ether oxygens (including phenoxy) is 1. The number of aryl methyl sites for hydroxylation is 3. The van der Waals surface area contributed by atoms with Crippen LogP contribution in [0.1, 0.15) is 44.0 Å². The molecular formula is C26H35N5O5. The molecule has 1 unspecified atom stereocenters. The van der Waals surface area contributed by atoms with Crippen molar-refractivity contribution in [1.82, 2.24) is 15.2 Å². The fourth-order valence-corrected chi connectivity index (χ4v) is 4.00. The molecule has 0 spiro atoms. The number of benzene rings is 1. The molecule has 1 amide bonds. The molecule has 0 aliphatic carbocycles. The minimum Gasteiger partial charge on any atom is -0.490 e. The zero-order valence-electron chi connectivity index (χ0n) is 21.5. The van der Waals surface area contributed by atoms with Crippen molar-refractivity contribution in [2.45, 2.75) is 59.7 Å². The summed E-state index contributed by atoms with van der Waals surface area (Å²) < 4.78 is 11.9. The molecule has 0 radical (unpaired) electrons. The lowest BCUT2D eigenvalue weighted by molar-refractivity contribution is -0.127. The monoisotopic (exact) mass is 497 g/mol. The standard InChI is InChI=1S/C26H35N5O5/c1-6-17-11-18(9-15(4)23(17)35-14-20(32)13-21(33)24(27)34)25-29-30-26(36-25)19-10-16(5)28-22(12-19)31(7-2)8-3/h9-12,20-21,32-33H,6-8,13-14H2,1-5H3,(H2,27,34)/t20-,21?/m0/s1. The van der Waals surface area contributed by atoms with E-state index >= 15 is 0 Å². The Hall–Kier alpha value is -3.50. The van der Waals surface area contributed by atoms with E-state index in [1.165, 1.54) is 0 Å². The highest BCUT2D eigenvalue weighted by molar-refractivity contribution is 5.78. The maximum absolute atomic E-state index is 11.0. The van der Waals surface area contributed by atoms with Gasteiger partial charge in [0.15, 0.2) is 0 Å². The number of pyridine rings is 1. The Balaban J connectivity index is 1.83. The van der Waals surface area contributed by atoms with Gasteiger partial charge in [0.25, 0.3) is 0 Å². The summed E-state index contributed by atoms with van der Waals surface area (Å²) in [5.41, 5.74) is 9.21. The first-order valence-corrected chi connectivity index (χ1v) is 12.2. The van der Waals surface area contributed by atoms with Crippen LogP contribution in [0.2, 0.25) is 0 Å². The van der Waals surface area contributed by atoms with E-state index in [1.54, 1.807) is 0 Å². The van der Waals surface area contributed by atoms with E-state index in [9.17, 15) is 15.0 Å². The summed E-state index contributed by atoms with van der Waals surface area (Å²) in [6.07, 6.45) is -1.98. The molecule has 2 aromatic heterocycles. The van der Waals surface area contributed by atoms with Gasteiger partial charge >= 0.3 is 0 Å². The van der Waals surface area contributed by atoms with Gasteiger partial charge < -0.3 is 30.0 Å². The zero-order chi connectivity index (χ0) is 26.4. The molecule has 0 saturated heterocycles. The normalized spacial score (nSPS) is 12.9. The fraction of sp³-hybridized carbons (Fsp3) is 0.462. The lowest BCUT2D eigenvalue weighted by atomic mass is 10.0. The first-order chi connectivity index (χ1) is 17.2. The number of aromatic nitrogens is 3. The van der Waals surface area contributed by atoms with E-state index in [2.05, 4.69) is 33.9 Å². The van der Waals surface area contributed by atoms with Crippen molar-refractivity contribution in [2.24, 2.45) is 5.73 Å². The molecule has 10 heteroatoms. The highest BCUT2D eigenvalue weighted by atomic mass is 16.5. The molecule has 2 heterocycles. The van der Waals surface area contributed by atoms with Crippen molar-refractivity contribution in [3.63, 3.8) is 0 Å². The molecular weight excluding hydrogens is 462 g/mol. The molecule has 0 saturated carbocycles. The highest BCUT2D eigenvalue weighted by Gasteiger charge is 2.20. The van der Waals surface area contributed by atoms with E-state index in [1.807, 2.05) is 45.0 Å². The van der Waals surface area contributed by atoms with Crippen LogP contribution >= 0.6 is 0 Å². The number of hydrogen-bond acceptors (Lipinski definition) is 9. The quantitative estimate of drug-likeness (QED) is 0.343. The molecule has 36 heavy (non-hydrogen) atoms. The number of carbonyl (C=O) groups excluding carboxylic acids is 1. The van der Waals surface area contributed by atoms with Gasteiger partial charge in [-0.05, 0) is 69.5 Å². The van der Waals surface area contributed by atoms with Crippen LogP contribution in [0, 0.1) is 13.8 Å². The third-order valence-corrected chi connectivity index (χ3v) is 5.92. The van der Waals surface area contributed by atoms with Crippen molar-refractivity contribution < 1.29 is 24.2 Å². The van der Waals surface area contributed by atoms with Crippen LogP contribution in [-0.2, 0) is 11.2 Å². The zero-order valence-corrected chi connectivity index (χ0v) is 21.5. The minimum absolute atomic E-state index is 0.0848. The predicted molar refractivity (Wildman–Crippen MR) is 137 cm³/mol. The second kappa shape index (κ2) is 12.0. The lowest BCUT2D eigenvalue weighted by Crippen LogP contribution is -2.33. The Morgan fingerprint density at radius 2 is 1.69 bits per heavy atom. The predicted octanol–water partition coefficient (Wildman–Crippen LogP) is 2.80. The van der Waals surface area contributed by atoms with Gasteiger partial charge in [-0.15, -0.1) is 10.2 Å². The van der Waals surface area contributed by atoms with E-state index in [-0.39, 0.29) is 13.0 Å². The van der Waals surface area contributed by atoms with Gasteiger partial charge in [0, 0.05) is 36.3 Å². The summed E-state index contributed by atoms with van der Waals surface area (Å²) >= 11 is 0. The van der Waals surface area contributed by atoms with Gasteiger partial charge in [-0.1, -0.05) is 6.92 Å². The molecule has 0 fully saturated rings. The van der Waals surface area contributed by atoms with Gasteiger partial charge in [-0.3, -0.25) is 4.79 Å². The van der Waals surface area contributed by atoms with Crippen molar-refractivity contribution in [1.29, 1.82) is 0 Å². The van der Waals surface area contributed by atoms with Gasteiger partial charge in [0.1, 0.15) is 24.3 Å². The number of carbonyl (C=O) groups is 1. The number of amides is 1. The average molecular weight is 498 g/mol. The Morgan fingerprint density at radius 1 is 1.06 bits per heavy atom. The first-order valence-electron chi connectivity index (χ1n) is 12.2. The number of nitrogens with two attached hydrogens (primary N) is 1. The summed E-state index contributed by atoms with van der Waals surface area (Å²) in [6.45, 7) is 11.6. The number of anilines is 1. The van der Waals surface area contributed by atoms with E-state index in [0.717, 1.165) is 46.9 Å². The molecule has 0 aliphatic rings. The van der Waals surface area contributed by atoms with Gasteiger partial charge in [-0.25, -0.2) is 4.98 Å². The third kappa shape index (κ3) is 6.38. The van der Waals surface area contributed by atoms with Gasteiger partial charge in [0.05, 0.1) is 6.10 Å². The highest BCUT2D eigenvalue weighted by Crippen LogP contribution is 2.32. The van der Waals surface area contributed by atoms with E-state index in [4.69, 9.17) is 14.9 Å². The number of aliphatic hydroxyl groups is 2. The Bertz CT molecular complexity index is 1190. The maximum Gasteiger partial charge on any atom is 0.248 e. The summed E-state index contributed by atoms with van der Waals surface area (Å²) in [5.74, 6) is 1.41. The molecule has 4 N–H and O–H groups in total. The molecule has 10 nitrogen and oxygen atoms in total. The van der Waals surface area contributed by atoms with Gasteiger partial charge in [0.2, 0.25) is 17.7 Å². The molecule has 1 aromatic carbocycles. The second-order valence-corrected chi connectivity index (χ2v) is 8.69. The minimum atomic E-state index is -1.42. The number of hydrogen-bond donors (Lipinski definition) is 3. The fourth-order valence-electron chi connectivity index (χ4n) is 4.00. The Labute approximate surface area is 211 Å². The average Bonchev–Trinajstić information content (AvgIpc) is 3.33. The van der Waals surface area contributed by atoms with Crippen LogP contribution in [-0.4, -0.2) is 63.2 Å². The SMILES string of the molecule is CCc1cc(-c2nnc(-c3cc(C)nc(N(CC)CC)c3)o2)cc(C)c1OC[C@@H](O)CC(O)C(N)=O. The summed E-state index contributed by atoms with van der Waals surface area (Å²) in [4.78, 5) is 17.8. The van der Waals surface area contributed by atoms with Crippen molar-refractivity contribution >= 4 is 11.7 Å². The Kier molecular flexibility index (Phi) is 9.00. The van der Waals surface area contributed by atoms with Crippen molar-refractivity contribution in [3.05, 3.63) is 41.1 Å². The topological polar surface area (TPSA) is 148 Å². The molecule has 2 atom stereocenters. The molecule has 0 bridgehead atoms. The van der Waals surface area contributed by atoms with Crippen molar-refractivity contribution in [3.8, 4) is 28.7 Å². The van der Waals surface area contributed by atoms with Gasteiger partial charge in [-0.2, -0.15) is 0 Å². The van der Waals surface area contributed by atoms with Crippen LogP contribution in [0.25, 0.3) is 22.9 Å². The van der Waals surface area contributed by atoms with E-state index in [0.29, 0.717) is 24.0 Å². The summed E-state index contributed by atoms with van der Waals surface area (Å²) in [6, 6.07) is 7.68. The van der Waals surface area contributed by atoms with Crippen LogP contribution in [0.5, 0.6) is 5.75 Å². The summed E-state index contributed by atoms with van der Waals surface area (Å²) in [5, 5.41) is 28.2. The smallest absolute Gasteiger partial charge is 0.248 e. The number of rotatable bonds is 12. The largest absolute Gasteiger partial charge is 0.490 e. The second-order valence-electron chi connectivity index (χ2n) is 8.69. The number of primary amides is 1. The number of aliphatic hydroxyl groups excluding tert-OH is 2. The molecule has 0 aliphatic heterocycles. The first kappa shape index (κ1) is 27.1. The van der Waals surface area contributed by atoms with Crippen LogP contribution in [0.3, 0.4) is 0 Å². The maximum atomic E-state index is 11.0. The molecule has 3 rings (SSSR count). The van der Waals surface area contributed by atoms with E-state index < -0.39 is 18.1 Å². The van der Waals surface area contributed by atoms with Crippen LogP contribution in [0.15, 0.2) is 28.7 Å². The van der Waals surface area contributed by atoms with Crippen molar-refractivity contribution in [2.75, 3.05) is 24.6 Å². The lowest BCUT2D eigenvalue weighted by Gasteiger charge is -2.20. The third-order valence-electron chi connectivity index (χ3n) is 5.92. The molecule has 3 aromatic rings. The van der Waals surface area contributed by atoms with Crippen LogP contribution < -0.4 is 15.4 Å². The van der Waals surface area contributed by atoms with Crippen LogP contribution in [0.4, 0.5) is 5.82 Å². The number of nitrogens with zero attached hydrogens (tertiary/aromatic N) is 4. The Morgan fingerprint density at radius 3 is 2.28 bits per heavy atom. The molecule has 194 valence electrons. The summed E-state index contributed by atoms with van der Waals surface area (Å²) in [7, 11) is 0.